The highest BCUT2D eigenvalue weighted by atomic mass is 32.3. The first-order valence-electron chi connectivity index (χ1n) is 22.6. The van der Waals surface area contributed by atoms with Gasteiger partial charge < -0.3 is 83.1 Å². The molecular formula is C34H60O42S6. The Balaban J connectivity index is 2.08. The number of carbonyl (C=O) groups is 2. The second-order valence-corrected chi connectivity index (χ2v) is 24.8. The van der Waals surface area contributed by atoms with E-state index in [1.165, 1.54) is 13.8 Å². The van der Waals surface area contributed by atoms with E-state index in [1.807, 2.05) is 0 Å². The fraction of sp³-hybridized carbons (Fsp3) is 0.941. The molecule has 82 heavy (non-hydrogen) atoms. The zero-order valence-electron chi connectivity index (χ0n) is 42.5. The van der Waals surface area contributed by atoms with Gasteiger partial charge in [-0.2, -0.15) is 58.9 Å². The number of aliphatic hydroxyl groups is 5. The van der Waals surface area contributed by atoms with E-state index >= 15 is 0 Å². The summed E-state index contributed by atoms with van der Waals surface area (Å²) in [7, 11) is -33.0. The standard InChI is InChI=1S/C34H60O42S6/c1-10-15(7-63-78(47,48)49)66-30(11(2)18(10)37)69-21(13(4)35)25(28(40)41)73-33(75-81(56,57)58)71-23-16(8-64-79(50,51)52)67-31(12(3)19(23)38)70-22(14(5)36)26(29(42)43)74-34(76-82(59,60)61)72-24-17(9-65-80(53,54)55)68-32(62-6)27(20(24)39)77(44,45)46/h10-27,30-39H,7-9H2,1-6H3,(H,40,41)(H,42,43)(H,44,45,46)(H,47,48,49)(H,50,51,52)(H,53,54,55)(H,56,57,58)(H,59,60,61)/t10-,11+,12+,13+,14+,15?,16?,17?,18?,19?,20?,21-,22-,23-,24-,25?,26?,27+,30+,31+,32-,33-,34-/m1/s1. The van der Waals surface area contributed by atoms with Crippen LogP contribution in [-0.2, 0) is 140 Å². The molecule has 0 aromatic rings. The number of carboxylic acid groups (broad SMARTS) is 2. The minimum atomic E-state index is -6.01. The number of aliphatic hydroxyl groups excluding tert-OH is 5. The molecule has 23 atom stereocenters. The third kappa shape index (κ3) is 22.7. The molecule has 8 unspecified atom stereocenters. The maximum atomic E-state index is 12.9. The smallest absolute Gasteiger partial charge is 0.401 e. The van der Waals surface area contributed by atoms with E-state index in [0.29, 0.717) is 6.92 Å². The molecule has 3 aliphatic heterocycles. The predicted molar refractivity (Wildman–Crippen MR) is 247 cm³/mol. The first kappa shape index (κ1) is 73.9. The number of hydrogen-bond acceptors (Lipinski definition) is 34. The zero-order valence-corrected chi connectivity index (χ0v) is 47.4. The van der Waals surface area contributed by atoms with Gasteiger partial charge in [-0.3, -0.25) is 27.3 Å². The van der Waals surface area contributed by atoms with Crippen molar-refractivity contribution in [2.24, 2.45) is 17.8 Å². The van der Waals surface area contributed by atoms with Gasteiger partial charge in [-0.15, -0.1) is 0 Å². The third-order valence-corrected chi connectivity index (χ3v) is 15.1. The van der Waals surface area contributed by atoms with Crippen molar-refractivity contribution >= 4 is 74.1 Å². The van der Waals surface area contributed by atoms with Crippen molar-refractivity contribution in [2.45, 2.75) is 157 Å². The highest BCUT2D eigenvalue weighted by Gasteiger charge is 2.55. The Hall–Kier alpha value is -2.40. The minimum Gasteiger partial charge on any atom is -0.479 e. The van der Waals surface area contributed by atoms with E-state index in [2.05, 4.69) is 20.9 Å². The molecule has 0 saturated carbocycles. The van der Waals surface area contributed by atoms with Crippen LogP contribution in [0.15, 0.2) is 0 Å². The van der Waals surface area contributed by atoms with E-state index in [1.54, 1.807) is 0 Å². The second-order valence-electron chi connectivity index (χ2n) is 17.8. The van der Waals surface area contributed by atoms with Crippen molar-refractivity contribution in [2.75, 3.05) is 26.9 Å². The van der Waals surface area contributed by atoms with Crippen LogP contribution in [0.4, 0.5) is 0 Å². The second kappa shape index (κ2) is 29.5. The van der Waals surface area contributed by atoms with Crippen LogP contribution in [0.3, 0.4) is 0 Å². The van der Waals surface area contributed by atoms with E-state index in [4.69, 9.17) is 56.5 Å². The summed E-state index contributed by atoms with van der Waals surface area (Å²) in [5, 5.41) is 73.1. The van der Waals surface area contributed by atoms with E-state index in [0.717, 1.165) is 21.0 Å². The van der Waals surface area contributed by atoms with Crippen molar-refractivity contribution < 1.29 is 191 Å². The average Bonchev–Trinajstić information content (AvgIpc) is 3.29. The topological polar surface area (TPSA) is 640 Å². The molecule has 0 aromatic heterocycles. The van der Waals surface area contributed by atoms with Crippen LogP contribution in [0.1, 0.15) is 34.6 Å². The SMILES string of the molecule is CO[C@@H]1OC(COS(=O)(=O)O)[C@@H](O[C@H](OC(C(=O)O)[C@H](O[C@@H]2OC(COS(=O)(=O)O)[C@@H](O[C@H](OC(C(=O)O)[C@H](O[C@@H]3OC(COS(=O)(=O)O)[C@@H](C)C(O)[C@@H]3C)[C@H](C)O)OS(=O)(=O)O)C(O)[C@@H]2C)[C@H](C)O)OS(=O)(=O)O)C(O)[C@@H]1S(=O)(=O)O. The van der Waals surface area contributed by atoms with Gasteiger partial charge in [-0.05, 0) is 13.8 Å². The predicted octanol–water partition coefficient (Wildman–Crippen LogP) is -7.04. The number of aliphatic carboxylic acids is 2. The molecule has 13 N–H and O–H groups in total. The first-order valence-corrected chi connectivity index (χ1v) is 30.9. The number of ether oxygens (including phenoxy) is 10. The average molecular weight is 1330 g/mol. The van der Waals surface area contributed by atoms with Gasteiger partial charge in [0.25, 0.3) is 23.1 Å². The lowest BCUT2D eigenvalue weighted by atomic mass is 9.86. The Morgan fingerprint density at radius 2 is 0.805 bits per heavy atom. The van der Waals surface area contributed by atoms with Gasteiger partial charge in [-0.25, -0.2) is 22.1 Å². The number of hydrogen-bond donors (Lipinski definition) is 13. The van der Waals surface area contributed by atoms with Gasteiger partial charge in [0.05, 0.1) is 50.3 Å². The third-order valence-electron chi connectivity index (χ3n) is 11.8. The molecule has 484 valence electrons. The van der Waals surface area contributed by atoms with Crippen molar-refractivity contribution in [1.82, 2.24) is 0 Å². The minimum absolute atomic E-state index is 0.708. The lowest BCUT2D eigenvalue weighted by Gasteiger charge is -2.45. The fourth-order valence-corrected chi connectivity index (χ4v) is 10.3. The van der Waals surface area contributed by atoms with Crippen molar-refractivity contribution in [3.8, 4) is 0 Å². The summed E-state index contributed by atoms with van der Waals surface area (Å²) in [5.74, 6) is -8.66. The summed E-state index contributed by atoms with van der Waals surface area (Å²) in [6.07, 6.45) is -39.8. The molecule has 0 amide bonds. The number of carboxylic acids is 2. The summed E-state index contributed by atoms with van der Waals surface area (Å²) >= 11 is 0. The van der Waals surface area contributed by atoms with E-state index in [9.17, 15) is 114 Å². The van der Waals surface area contributed by atoms with Gasteiger partial charge in [0, 0.05) is 24.9 Å². The quantitative estimate of drug-likeness (QED) is 0.0214. The molecule has 3 fully saturated rings. The van der Waals surface area contributed by atoms with Crippen molar-refractivity contribution in [3.05, 3.63) is 0 Å². The first-order chi connectivity index (χ1) is 37.1. The van der Waals surface area contributed by atoms with Crippen molar-refractivity contribution in [1.29, 1.82) is 0 Å². The molecule has 3 rings (SSSR count). The lowest BCUT2D eigenvalue weighted by Crippen LogP contribution is -2.63. The van der Waals surface area contributed by atoms with Gasteiger partial charge in [0.15, 0.2) is 36.3 Å². The van der Waals surface area contributed by atoms with Crippen LogP contribution >= 0.6 is 0 Å². The van der Waals surface area contributed by atoms with Crippen LogP contribution in [-0.4, -0.2) is 275 Å². The van der Waals surface area contributed by atoms with Crippen LogP contribution in [0.25, 0.3) is 0 Å². The Bertz CT molecular complexity index is 2800. The van der Waals surface area contributed by atoms with Crippen LogP contribution in [0.2, 0.25) is 0 Å². The Kier molecular flexibility index (Phi) is 26.6. The molecule has 3 aliphatic rings. The Morgan fingerprint density at radius 3 is 1.12 bits per heavy atom. The molecule has 0 aromatic carbocycles. The zero-order chi connectivity index (χ0) is 63.2. The molecular weight excluding hydrogens is 1270 g/mol. The van der Waals surface area contributed by atoms with Crippen LogP contribution in [0.5, 0.6) is 0 Å². The molecule has 3 heterocycles. The fourth-order valence-electron chi connectivity index (χ4n) is 7.89. The summed E-state index contributed by atoms with van der Waals surface area (Å²) in [6, 6.07) is 0. The Morgan fingerprint density at radius 1 is 0.476 bits per heavy atom. The summed E-state index contributed by atoms with van der Waals surface area (Å²) in [6.45, 7) is -5.70. The normalized spacial score (nSPS) is 33.1. The van der Waals surface area contributed by atoms with E-state index in [-0.39, 0.29) is 0 Å². The maximum Gasteiger partial charge on any atom is 0.401 e. The maximum absolute atomic E-state index is 12.9. The molecule has 3 saturated heterocycles. The molecule has 42 nitrogen and oxygen atoms in total. The molecule has 0 radical (unpaired) electrons. The molecule has 0 spiro atoms. The largest absolute Gasteiger partial charge is 0.479 e. The Labute approximate surface area is 465 Å². The monoisotopic (exact) mass is 1330 g/mol. The number of methoxy groups -OCH3 is 1. The van der Waals surface area contributed by atoms with Crippen molar-refractivity contribution in [3.63, 3.8) is 0 Å². The molecule has 0 bridgehead atoms. The van der Waals surface area contributed by atoms with Gasteiger partial charge in [-0.1, -0.05) is 20.8 Å². The van der Waals surface area contributed by atoms with Crippen LogP contribution < -0.4 is 0 Å². The van der Waals surface area contributed by atoms with Gasteiger partial charge >= 0.3 is 63.9 Å². The summed E-state index contributed by atoms with van der Waals surface area (Å²) in [5.41, 5.74) is 0. The highest BCUT2D eigenvalue weighted by Crippen LogP contribution is 2.36. The molecule has 0 aliphatic carbocycles. The lowest BCUT2D eigenvalue weighted by molar-refractivity contribution is -0.370. The van der Waals surface area contributed by atoms with Gasteiger partial charge in [0.2, 0.25) is 0 Å². The molecule has 48 heteroatoms. The summed E-state index contributed by atoms with van der Waals surface area (Å²) in [4.78, 5) is 25.6. The van der Waals surface area contributed by atoms with E-state index < -0.39 is 234 Å². The highest BCUT2D eigenvalue weighted by molar-refractivity contribution is 7.86. The van der Waals surface area contributed by atoms with Gasteiger partial charge in [0.1, 0.15) is 42.7 Å². The van der Waals surface area contributed by atoms with Crippen LogP contribution in [0, 0.1) is 17.8 Å². The summed E-state index contributed by atoms with van der Waals surface area (Å²) < 4.78 is 273. The number of rotatable bonds is 33.